The van der Waals surface area contributed by atoms with Crippen LogP contribution in [-0.2, 0) is 4.74 Å². The third kappa shape index (κ3) is 2.16. The van der Waals surface area contributed by atoms with E-state index in [-0.39, 0.29) is 5.97 Å². The Balaban J connectivity index is 2.12. The van der Waals surface area contributed by atoms with Gasteiger partial charge in [-0.1, -0.05) is 36.4 Å². The van der Waals surface area contributed by atoms with Gasteiger partial charge in [0.25, 0.3) is 0 Å². The second-order valence-electron chi connectivity index (χ2n) is 4.36. The normalized spacial score (nSPS) is 10.7. The lowest BCUT2D eigenvalue weighted by Gasteiger charge is -2.03. The molecule has 0 saturated carbocycles. The highest BCUT2D eigenvalue weighted by atomic mass is 16.5. The summed E-state index contributed by atoms with van der Waals surface area (Å²) in [7, 11) is 0. The maximum Gasteiger partial charge on any atom is 0.356 e. The van der Waals surface area contributed by atoms with E-state index in [0.29, 0.717) is 12.3 Å². The van der Waals surface area contributed by atoms with E-state index in [1.807, 2.05) is 48.5 Å². The average molecular weight is 266 g/mol. The predicted octanol–water partition coefficient (Wildman–Crippen LogP) is 3.18. The zero-order valence-corrected chi connectivity index (χ0v) is 11.1. The van der Waals surface area contributed by atoms with Crippen molar-refractivity contribution in [2.45, 2.75) is 6.92 Å². The smallest absolute Gasteiger partial charge is 0.356 e. The van der Waals surface area contributed by atoms with Gasteiger partial charge in [-0.05, 0) is 25.1 Å². The molecule has 0 fully saturated rings. The molecule has 2 aromatic heterocycles. The average Bonchev–Trinajstić information content (AvgIpc) is 2.92. The summed E-state index contributed by atoms with van der Waals surface area (Å²) < 4.78 is 6.68. The monoisotopic (exact) mass is 266 g/mol. The molecule has 0 saturated heterocycles. The van der Waals surface area contributed by atoms with Gasteiger partial charge in [-0.3, -0.25) is 0 Å². The first-order valence-electron chi connectivity index (χ1n) is 6.51. The number of ether oxygens (including phenoxy) is 1. The summed E-state index contributed by atoms with van der Waals surface area (Å²) in [6, 6.07) is 17.3. The van der Waals surface area contributed by atoms with Gasteiger partial charge in [0.05, 0.1) is 17.8 Å². The maximum absolute atomic E-state index is 11.9. The Labute approximate surface area is 116 Å². The van der Waals surface area contributed by atoms with Gasteiger partial charge in [0.2, 0.25) is 0 Å². The number of hydrogen-bond donors (Lipinski definition) is 0. The Morgan fingerprint density at radius 2 is 1.95 bits per heavy atom. The van der Waals surface area contributed by atoms with Gasteiger partial charge in [0.1, 0.15) is 0 Å². The van der Waals surface area contributed by atoms with Gasteiger partial charge in [-0.25, -0.2) is 9.31 Å². The molecule has 3 rings (SSSR count). The van der Waals surface area contributed by atoms with Crippen molar-refractivity contribution >= 4 is 11.5 Å². The van der Waals surface area contributed by atoms with Crippen LogP contribution in [0, 0.1) is 0 Å². The van der Waals surface area contributed by atoms with Crippen molar-refractivity contribution in [1.29, 1.82) is 0 Å². The highest BCUT2D eigenvalue weighted by Gasteiger charge is 2.13. The van der Waals surface area contributed by atoms with Crippen molar-refractivity contribution in [3.05, 3.63) is 60.3 Å². The minimum atomic E-state index is -0.360. The molecule has 0 N–H and O–H groups in total. The number of rotatable bonds is 3. The molecule has 0 radical (unpaired) electrons. The zero-order chi connectivity index (χ0) is 13.9. The molecule has 1 aromatic carbocycles. The van der Waals surface area contributed by atoms with Crippen molar-refractivity contribution in [3.8, 4) is 11.3 Å². The molecule has 4 heteroatoms. The van der Waals surface area contributed by atoms with Crippen LogP contribution in [0.15, 0.2) is 54.6 Å². The third-order valence-electron chi connectivity index (χ3n) is 3.04. The first-order valence-corrected chi connectivity index (χ1v) is 6.51. The second-order valence-corrected chi connectivity index (χ2v) is 4.36. The minimum absolute atomic E-state index is 0.349. The van der Waals surface area contributed by atoms with Gasteiger partial charge in [0.15, 0.2) is 5.69 Å². The van der Waals surface area contributed by atoms with Gasteiger partial charge in [-0.2, -0.15) is 5.10 Å². The molecule has 0 amide bonds. The van der Waals surface area contributed by atoms with Crippen LogP contribution >= 0.6 is 0 Å². The summed E-state index contributed by atoms with van der Waals surface area (Å²) in [6.45, 7) is 2.14. The van der Waals surface area contributed by atoms with Crippen molar-refractivity contribution in [3.63, 3.8) is 0 Å². The molecule has 0 aliphatic rings. The predicted molar refractivity (Wildman–Crippen MR) is 76.6 cm³/mol. The van der Waals surface area contributed by atoms with Crippen molar-refractivity contribution in [2.75, 3.05) is 6.61 Å². The Morgan fingerprint density at radius 1 is 1.15 bits per heavy atom. The first kappa shape index (κ1) is 12.4. The number of hydrogen-bond acceptors (Lipinski definition) is 3. The van der Waals surface area contributed by atoms with E-state index < -0.39 is 0 Å². The summed E-state index contributed by atoms with van der Waals surface area (Å²) in [5.74, 6) is -0.360. The van der Waals surface area contributed by atoms with E-state index in [1.54, 1.807) is 17.5 Å². The van der Waals surface area contributed by atoms with Crippen LogP contribution in [0.25, 0.3) is 16.8 Å². The van der Waals surface area contributed by atoms with Crippen molar-refractivity contribution in [2.24, 2.45) is 0 Å². The van der Waals surface area contributed by atoms with E-state index in [9.17, 15) is 4.79 Å². The molecule has 0 bridgehead atoms. The van der Waals surface area contributed by atoms with Crippen LogP contribution in [0.5, 0.6) is 0 Å². The largest absolute Gasteiger partial charge is 0.461 e. The SMILES string of the molecule is CCOC(=O)c1cccc2cc(-c3ccccc3)nn12. The zero-order valence-electron chi connectivity index (χ0n) is 11.1. The number of carbonyl (C=O) groups excluding carboxylic acids is 1. The second kappa shape index (κ2) is 5.17. The molecule has 0 unspecified atom stereocenters. The van der Waals surface area contributed by atoms with Crippen molar-refractivity contribution < 1.29 is 9.53 Å². The lowest BCUT2D eigenvalue weighted by atomic mass is 10.1. The number of pyridine rings is 1. The van der Waals surface area contributed by atoms with Gasteiger partial charge >= 0.3 is 5.97 Å². The van der Waals surface area contributed by atoms with Crippen molar-refractivity contribution in [1.82, 2.24) is 9.61 Å². The quantitative estimate of drug-likeness (QED) is 0.684. The van der Waals surface area contributed by atoms with Gasteiger partial charge in [-0.15, -0.1) is 0 Å². The fraction of sp³-hybridized carbons (Fsp3) is 0.125. The van der Waals surface area contributed by atoms with E-state index in [2.05, 4.69) is 5.10 Å². The molecule has 100 valence electrons. The molecule has 0 spiro atoms. The highest BCUT2D eigenvalue weighted by molar-refractivity contribution is 5.88. The van der Waals surface area contributed by atoms with E-state index in [4.69, 9.17) is 4.74 Å². The number of fused-ring (bicyclic) bond motifs is 1. The Hall–Kier alpha value is -2.62. The van der Waals surface area contributed by atoms with Crippen LogP contribution < -0.4 is 0 Å². The molecule has 4 nitrogen and oxygen atoms in total. The molecule has 3 aromatic rings. The molecule has 0 atom stereocenters. The van der Waals surface area contributed by atoms with Gasteiger partial charge in [0, 0.05) is 5.56 Å². The summed E-state index contributed by atoms with van der Waals surface area (Å²) in [4.78, 5) is 11.9. The van der Waals surface area contributed by atoms with Crippen LogP contribution in [0.3, 0.4) is 0 Å². The van der Waals surface area contributed by atoms with Crippen LogP contribution in [0.1, 0.15) is 17.4 Å². The fourth-order valence-electron chi connectivity index (χ4n) is 2.13. The van der Waals surface area contributed by atoms with E-state index in [0.717, 1.165) is 16.8 Å². The van der Waals surface area contributed by atoms with Crippen LogP contribution in [0.2, 0.25) is 0 Å². The third-order valence-corrected chi connectivity index (χ3v) is 3.04. The summed E-state index contributed by atoms with van der Waals surface area (Å²) in [6.07, 6.45) is 0. The molecule has 2 heterocycles. The topological polar surface area (TPSA) is 43.6 Å². The standard InChI is InChI=1S/C16H14N2O2/c1-2-20-16(19)15-10-6-9-13-11-14(17-18(13)15)12-7-4-3-5-8-12/h3-11H,2H2,1H3. The number of esters is 1. The first-order chi connectivity index (χ1) is 9.79. The lowest BCUT2D eigenvalue weighted by Crippen LogP contribution is -2.10. The number of benzene rings is 1. The molecule has 0 aliphatic carbocycles. The fourth-order valence-corrected chi connectivity index (χ4v) is 2.13. The van der Waals surface area contributed by atoms with E-state index >= 15 is 0 Å². The van der Waals surface area contributed by atoms with E-state index in [1.165, 1.54) is 0 Å². The van der Waals surface area contributed by atoms with Crippen LogP contribution in [0.4, 0.5) is 0 Å². The summed E-state index contributed by atoms with van der Waals surface area (Å²) in [5.41, 5.74) is 3.16. The Bertz CT molecular complexity index is 748. The highest BCUT2D eigenvalue weighted by Crippen LogP contribution is 2.20. The van der Waals surface area contributed by atoms with Gasteiger partial charge < -0.3 is 4.74 Å². The number of aromatic nitrogens is 2. The molecule has 0 aliphatic heterocycles. The number of carbonyl (C=O) groups is 1. The summed E-state index contributed by atoms with van der Waals surface area (Å²) in [5, 5.41) is 4.50. The maximum atomic E-state index is 11.9. The number of nitrogens with zero attached hydrogens (tertiary/aromatic N) is 2. The Morgan fingerprint density at radius 3 is 2.70 bits per heavy atom. The molecule has 20 heavy (non-hydrogen) atoms. The molecular weight excluding hydrogens is 252 g/mol. The minimum Gasteiger partial charge on any atom is -0.461 e. The molecular formula is C16H14N2O2. The summed E-state index contributed by atoms with van der Waals surface area (Å²) >= 11 is 0. The Kier molecular flexibility index (Phi) is 3.21. The lowest BCUT2D eigenvalue weighted by molar-refractivity contribution is 0.0516. The van der Waals surface area contributed by atoms with Crippen LogP contribution in [-0.4, -0.2) is 22.2 Å².